The number of allylic oxidation sites excluding steroid dienone is 2. The summed E-state index contributed by atoms with van der Waals surface area (Å²) in [5, 5.41) is 0.0404. The van der Waals surface area contributed by atoms with Crippen LogP contribution in [-0.4, -0.2) is 18.0 Å². The molecule has 0 aliphatic heterocycles. The second-order valence-electron chi connectivity index (χ2n) is 4.25. The molecular weight excluding hydrogens is 312 g/mol. The highest BCUT2D eigenvalue weighted by molar-refractivity contribution is 6.59. The fourth-order valence-electron chi connectivity index (χ4n) is 1.86. The number of carbonyl (C=O) groups is 2. The average molecular weight is 327 g/mol. The lowest BCUT2D eigenvalue weighted by Gasteiger charge is -2.25. The maximum Gasteiger partial charge on any atom is 0.310 e. The van der Waals surface area contributed by atoms with E-state index in [0.717, 1.165) is 0 Å². The van der Waals surface area contributed by atoms with E-state index in [1.165, 1.54) is 0 Å². The van der Waals surface area contributed by atoms with Crippen LogP contribution in [0.3, 0.4) is 0 Å². The third-order valence-electron chi connectivity index (χ3n) is 2.93. The van der Waals surface area contributed by atoms with Crippen LogP contribution in [0.1, 0.15) is 19.8 Å². The zero-order valence-corrected chi connectivity index (χ0v) is 12.5. The Labute approximate surface area is 126 Å². The first-order valence-electron chi connectivity index (χ1n) is 5.70. The Bertz CT molecular complexity index is 430. The molecule has 19 heavy (non-hydrogen) atoms. The van der Waals surface area contributed by atoms with E-state index in [1.807, 2.05) is 12.2 Å². The van der Waals surface area contributed by atoms with Crippen LogP contribution in [-0.2, 0) is 14.3 Å². The van der Waals surface area contributed by atoms with Crippen LogP contribution >= 0.6 is 34.8 Å². The number of rotatable bonds is 4. The minimum atomic E-state index is -0.765. The van der Waals surface area contributed by atoms with Gasteiger partial charge in [-0.2, -0.15) is 0 Å². The SMILES string of the molecule is C[C@@H](OC(=O)[C@H]1CC=CC[C@@H]1C(N)=O)C(Cl)=C(Cl)Cl. The molecule has 106 valence electrons. The topological polar surface area (TPSA) is 69.4 Å². The Balaban J connectivity index is 2.74. The summed E-state index contributed by atoms with van der Waals surface area (Å²) in [6.07, 6.45) is 3.73. The smallest absolute Gasteiger partial charge is 0.310 e. The van der Waals surface area contributed by atoms with Crippen molar-refractivity contribution in [3.8, 4) is 0 Å². The maximum atomic E-state index is 12.0. The van der Waals surface area contributed by atoms with Gasteiger partial charge in [0, 0.05) is 0 Å². The lowest BCUT2D eigenvalue weighted by Crippen LogP contribution is -2.37. The van der Waals surface area contributed by atoms with Gasteiger partial charge < -0.3 is 10.5 Å². The van der Waals surface area contributed by atoms with Crippen LogP contribution in [0.5, 0.6) is 0 Å². The third kappa shape index (κ3) is 4.41. The van der Waals surface area contributed by atoms with Gasteiger partial charge in [0.25, 0.3) is 0 Å². The number of primary amides is 1. The number of hydrogen-bond donors (Lipinski definition) is 1. The van der Waals surface area contributed by atoms with Gasteiger partial charge in [-0.3, -0.25) is 9.59 Å². The predicted octanol–water partition coefficient (Wildman–Crippen LogP) is 2.87. The highest BCUT2D eigenvalue weighted by atomic mass is 35.5. The Morgan fingerprint density at radius 2 is 1.74 bits per heavy atom. The molecule has 0 aromatic rings. The van der Waals surface area contributed by atoms with E-state index in [1.54, 1.807) is 6.92 Å². The molecule has 1 aliphatic rings. The number of halogens is 3. The summed E-state index contributed by atoms with van der Waals surface area (Å²) in [4.78, 5) is 23.3. The molecule has 7 heteroatoms. The van der Waals surface area contributed by atoms with E-state index in [9.17, 15) is 9.59 Å². The predicted molar refractivity (Wildman–Crippen MR) is 74.7 cm³/mol. The number of esters is 1. The second-order valence-corrected chi connectivity index (χ2v) is 5.60. The van der Waals surface area contributed by atoms with Gasteiger partial charge in [-0.1, -0.05) is 47.0 Å². The normalized spacial score (nSPS) is 23.6. The molecule has 1 rings (SSSR count). The zero-order chi connectivity index (χ0) is 14.6. The molecule has 0 fully saturated rings. The molecule has 0 aromatic heterocycles. The number of amides is 1. The molecule has 0 saturated heterocycles. The Morgan fingerprint density at radius 1 is 1.21 bits per heavy atom. The molecule has 1 aliphatic carbocycles. The number of ether oxygens (including phenoxy) is 1. The van der Waals surface area contributed by atoms with Crippen molar-refractivity contribution in [3.63, 3.8) is 0 Å². The molecule has 0 heterocycles. The number of hydrogen-bond acceptors (Lipinski definition) is 3. The molecule has 4 nitrogen and oxygen atoms in total. The quantitative estimate of drug-likeness (QED) is 0.638. The molecule has 0 radical (unpaired) electrons. The van der Waals surface area contributed by atoms with E-state index < -0.39 is 29.8 Å². The van der Waals surface area contributed by atoms with Crippen LogP contribution in [0.25, 0.3) is 0 Å². The van der Waals surface area contributed by atoms with Crippen molar-refractivity contribution in [1.29, 1.82) is 0 Å². The number of nitrogens with two attached hydrogens (primary N) is 1. The molecular formula is C12H14Cl3NO3. The van der Waals surface area contributed by atoms with Gasteiger partial charge in [-0.15, -0.1) is 0 Å². The summed E-state index contributed by atoms with van der Waals surface area (Å²) in [5.74, 6) is -2.20. The van der Waals surface area contributed by atoms with Crippen molar-refractivity contribution in [2.45, 2.75) is 25.9 Å². The standard InChI is InChI=1S/C12H14Cl3NO3/c1-6(9(13)10(14)15)19-12(18)8-5-3-2-4-7(8)11(16)17/h2-3,6-8H,4-5H2,1H3,(H2,16,17)/t6-,7+,8+/m1/s1. The van der Waals surface area contributed by atoms with Crippen LogP contribution in [0.4, 0.5) is 0 Å². The Kier molecular flexibility index (Phi) is 6.17. The highest BCUT2D eigenvalue weighted by Crippen LogP contribution is 2.29. The summed E-state index contributed by atoms with van der Waals surface area (Å²) in [7, 11) is 0. The van der Waals surface area contributed by atoms with E-state index in [0.29, 0.717) is 12.8 Å². The van der Waals surface area contributed by atoms with Crippen molar-refractivity contribution in [1.82, 2.24) is 0 Å². The second kappa shape index (κ2) is 7.17. The van der Waals surface area contributed by atoms with Gasteiger partial charge >= 0.3 is 5.97 Å². The monoisotopic (exact) mass is 325 g/mol. The van der Waals surface area contributed by atoms with E-state index >= 15 is 0 Å². The molecule has 3 atom stereocenters. The minimum absolute atomic E-state index is 0.0404. The van der Waals surface area contributed by atoms with Crippen LogP contribution in [0.15, 0.2) is 21.7 Å². The van der Waals surface area contributed by atoms with E-state index in [4.69, 9.17) is 45.3 Å². The first-order valence-corrected chi connectivity index (χ1v) is 6.83. The van der Waals surface area contributed by atoms with Crippen LogP contribution in [0, 0.1) is 11.8 Å². The third-order valence-corrected chi connectivity index (χ3v) is 4.03. The van der Waals surface area contributed by atoms with E-state index in [-0.39, 0.29) is 9.52 Å². The average Bonchev–Trinajstić information content (AvgIpc) is 2.37. The molecule has 1 amide bonds. The molecule has 0 unspecified atom stereocenters. The first-order chi connectivity index (χ1) is 8.84. The summed E-state index contributed by atoms with van der Waals surface area (Å²) in [5.41, 5.74) is 5.28. The summed E-state index contributed by atoms with van der Waals surface area (Å²) in [6.45, 7) is 1.54. The summed E-state index contributed by atoms with van der Waals surface area (Å²) >= 11 is 16.8. The van der Waals surface area contributed by atoms with E-state index in [2.05, 4.69) is 0 Å². The van der Waals surface area contributed by atoms with Gasteiger partial charge in [-0.05, 0) is 19.8 Å². The lowest BCUT2D eigenvalue weighted by molar-refractivity contribution is -0.155. The van der Waals surface area contributed by atoms with Crippen molar-refractivity contribution < 1.29 is 14.3 Å². The van der Waals surface area contributed by atoms with Gasteiger partial charge in [0.05, 0.1) is 16.9 Å². The Hall–Kier alpha value is -0.710. The van der Waals surface area contributed by atoms with Gasteiger partial charge in [0.1, 0.15) is 10.6 Å². The number of carbonyl (C=O) groups excluding carboxylic acids is 2. The maximum absolute atomic E-state index is 12.0. The Morgan fingerprint density at radius 3 is 2.21 bits per heavy atom. The molecule has 0 saturated carbocycles. The fraction of sp³-hybridized carbons (Fsp3) is 0.500. The molecule has 0 aromatic carbocycles. The van der Waals surface area contributed by atoms with Crippen LogP contribution in [0.2, 0.25) is 0 Å². The van der Waals surface area contributed by atoms with Crippen molar-refractivity contribution >= 4 is 46.7 Å². The summed E-state index contributed by atoms with van der Waals surface area (Å²) < 4.78 is 5.00. The van der Waals surface area contributed by atoms with Gasteiger partial charge in [-0.25, -0.2) is 0 Å². The largest absolute Gasteiger partial charge is 0.457 e. The zero-order valence-electron chi connectivity index (χ0n) is 10.2. The summed E-state index contributed by atoms with van der Waals surface area (Å²) in [6, 6.07) is 0. The van der Waals surface area contributed by atoms with Crippen molar-refractivity contribution in [2.75, 3.05) is 0 Å². The molecule has 2 N–H and O–H groups in total. The van der Waals surface area contributed by atoms with Gasteiger partial charge in [0.2, 0.25) is 5.91 Å². The minimum Gasteiger partial charge on any atom is -0.457 e. The molecule has 0 bridgehead atoms. The van der Waals surface area contributed by atoms with Crippen LogP contribution < -0.4 is 5.73 Å². The lowest BCUT2D eigenvalue weighted by atomic mass is 9.82. The highest BCUT2D eigenvalue weighted by Gasteiger charge is 2.34. The van der Waals surface area contributed by atoms with Crippen molar-refractivity contribution in [3.05, 3.63) is 21.7 Å². The first kappa shape index (κ1) is 16.3. The van der Waals surface area contributed by atoms with Crippen molar-refractivity contribution in [2.24, 2.45) is 17.6 Å². The van der Waals surface area contributed by atoms with Gasteiger partial charge in [0.15, 0.2) is 0 Å². The molecule has 0 spiro atoms. The fourth-order valence-corrected chi connectivity index (χ4v) is 2.21.